The van der Waals surface area contributed by atoms with E-state index in [2.05, 4.69) is 49.9 Å². The lowest BCUT2D eigenvalue weighted by Gasteiger charge is -2.20. The molecule has 2 rings (SSSR count). The van der Waals surface area contributed by atoms with Crippen molar-refractivity contribution < 1.29 is 0 Å². The molecule has 21 heavy (non-hydrogen) atoms. The highest BCUT2D eigenvalue weighted by molar-refractivity contribution is 5.77. The summed E-state index contributed by atoms with van der Waals surface area (Å²) in [6.07, 6.45) is 2.27. The van der Waals surface area contributed by atoms with E-state index in [1.165, 1.54) is 5.56 Å². The molecule has 0 amide bonds. The maximum Gasteiger partial charge on any atom is 0.125 e. The van der Waals surface area contributed by atoms with Gasteiger partial charge in [-0.3, -0.25) is 4.90 Å². The molecule has 0 saturated carbocycles. The summed E-state index contributed by atoms with van der Waals surface area (Å²) in [6.45, 7) is 9.79. The average molecular weight is 284 g/mol. The lowest BCUT2D eigenvalue weighted by Crippen LogP contribution is -2.26. The quantitative estimate of drug-likeness (QED) is 0.781. The van der Waals surface area contributed by atoms with E-state index in [0.717, 1.165) is 49.3 Å². The number of rotatable bonds is 7. The smallest absolute Gasteiger partial charge is 0.125 e. The number of aryl methyl sites for hydroxylation is 1. The third-order valence-electron chi connectivity index (χ3n) is 3.66. The maximum atomic E-state index is 9.11. The second kappa shape index (κ2) is 7.24. The summed E-state index contributed by atoms with van der Waals surface area (Å²) < 4.78 is 2.05. The largest absolute Gasteiger partial charge is 0.313 e. The predicted octanol–water partition coefficient (Wildman–Crippen LogP) is 3.49. The topological polar surface area (TPSA) is 44.9 Å². The van der Waals surface area contributed by atoms with Gasteiger partial charge in [0.05, 0.1) is 23.6 Å². The van der Waals surface area contributed by atoms with Crippen LogP contribution in [-0.2, 0) is 13.1 Å². The van der Waals surface area contributed by atoms with Gasteiger partial charge in [-0.1, -0.05) is 19.9 Å². The Morgan fingerprint density at radius 1 is 1.24 bits per heavy atom. The van der Waals surface area contributed by atoms with Crippen LogP contribution in [0.2, 0.25) is 0 Å². The van der Waals surface area contributed by atoms with Crippen molar-refractivity contribution in [3.63, 3.8) is 0 Å². The Morgan fingerprint density at radius 3 is 2.57 bits per heavy atom. The zero-order valence-electron chi connectivity index (χ0n) is 13.3. The van der Waals surface area contributed by atoms with Crippen LogP contribution in [-0.4, -0.2) is 27.5 Å². The molecule has 0 spiro atoms. The van der Waals surface area contributed by atoms with Crippen molar-refractivity contribution in [1.82, 2.24) is 14.5 Å². The Balaban J connectivity index is 2.37. The molecule has 0 aliphatic carbocycles. The Hall–Kier alpha value is -1.86. The highest BCUT2D eigenvalue weighted by Crippen LogP contribution is 2.19. The fourth-order valence-electron chi connectivity index (χ4n) is 2.76. The molecule has 0 atom stereocenters. The molecule has 0 aliphatic heterocycles. The Labute approximate surface area is 127 Å². The van der Waals surface area contributed by atoms with Crippen LogP contribution in [0.5, 0.6) is 0 Å². The third-order valence-corrected chi connectivity index (χ3v) is 3.66. The maximum absolute atomic E-state index is 9.11. The minimum Gasteiger partial charge on any atom is -0.313 e. The molecule has 0 aliphatic rings. The molecule has 1 heterocycles. The molecule has 4 nitrogen and oxygen atoms in total. The molecule has 0 radical (unpaired) electrons. The number of imidazole rings is 1. The van der Waals surface area contributed by atoms with Crippen LogP contribution in [0.25, 0.3) is 11.0 Å². The molecular formula is C17H24N4. The van der Waals surface area contributed by atoms with Gasteiger partial charge < -0.3 is 4.57 Å². The molecule has 112 valence electrons. The van der Waals surface area contributed by atoms with Crippen molar-refractivity contribution in [3.05, 3.63) is 29.6 Å². The van der Waals surface area contributed by atoms with Crippen LogP contribution in [0.1, 0.15) is 38.1 Å². The van der Waals surface area contributed by atoms with Gasteiger partial charge in [-0.05, 0) is 50.6 Å². The van der Waals surface area contributed by atoms with Crippen LogP contribution in [0, 0.1) is 18.3 Å². The number of benzene rings is 1. The lowest BCUT2D eigenvalue weighted by atomic mass is 10.2. The Kier molecular flexibility index (Phi) is 5.35. The molecule has 2 aromatic rings. The molecule has 0 bridgehead atoms. The molecule has 1 aromatic heterocycles. The monoisotopic (exact) mass is 284 g/mol. The van der Waals surface area contributed by atoms with Gasteiger partial charge >= 0.3 is 0 Å². The lowest BCUT2D eigenvalue weighted by molar-refractivity contribution is 0.257. The van der Waals surface area contributed by atoms with Gasteiger partial charge in [-0.2, -0.15) is 5.26 Å². The van der Waals surface area contributed by atoms with Gasteiger partial charge in [0.25, 0.3) is 0 Å². The van der Waals surface area contributed by atoms with Gasteiger partial charge in [0.15, 0.2) is 0 Å². The predicted molar refractivity (Wildman–Crippen MR) is 85.9 cm³/mol. The second-order valence-corrected chi connectivity index (χ2v) is 5.54. The second-order valence-electron chi connectivity index (χ2n) is 5.54. The van der Waals surface area contributed by atoms with Crippen LogP contribution in [0.3, 0.4) is 0 Å². The molecule has 4 heteroatoms. The highest BCUT2D eigenvalue weighted by Gasteiger charge is 2.13. The molecule has 1 aromatic carbocycles. The van der Waals surface area contributed by atoms with E-state index in [0.29, 0.717) is 6.54 Å². The van der Waals surface area contributed by atoms with Gasteiger partial charge in [-0.15, -0.1) is 0 Å². The zero-order valence-corrected chi connectivity index (χ0v) is 13.3. The molecule has 0 fully saturated rings. The summed E-state index contributed by atoms with van der Waals surface area (Å²) in [6, 6.07) is 8.51. The number of aromatic nitrogens is 2. The molecule has 0 N–H and O–H groups in total. The number of nitriles is 1. The summed E-state index contributed by atoms with van der Waals surface area (Å²) >= 11 is 0. The van der Waals surface area contributed by atoms with Crippen molar-refractivity contribution >= 4 is 11.0 Å². The van der Waals surface area contributed by atoms with Crippen LogP contribution in [0.15, 0.2) is 18.2 Å². The van der Waals surface area contributed by atoms with Crippen molar-refractivity contribution in [2.75, 3.05) is 13.1 Å². The molecule has 0 unspecified atom stereocenters. The normalized spacial score (nSPS) is 11.2. The van der Waals surface area contributed by atoms with Crippen molar-refractivity contribution in [3.8, 4) is 6.07 Å². The summed E-state index contributed by atoms with van der Waals surface area (Å²) in [7, 11) is 0. The van der Waals surface area contributed by atoms with E-state index in [4.69, 9.17) is 10.2 Å². The first kappa shape index (κ1) is 15.5. The first-order chi connectivity index (χ1) is 10.2. The molecular weight excluding hydrogens is 260 g/mol. The SMILES string of the molecule is CCCN(CCC)Cc1nc2cc(C)ccc2n1CC#N. The summed E-state index contributed by atoms with van der Waals surface area (Å²) in [4.78, 5) is 7.19. The van der Waals surface area contributed by atoms with Gasteiger partial charge in [0.1, 0.15) is 12.4 Å². The Bertz CT molecular complexity index is 630. The van der Waals surface area contributed by atoms with E-state index < -0.39 is 0 Å². The first-order valence-electron chi connectivity index (χ1n) is 7.74. The fraction of sp³-hybridized carbons (Fsp3) is 0.529. The summed E-state index contributed by atoms with van der Waals surface area (Å²) in [5.41, 5.74) is 3.26. The van der Waals surface area contributed by atoms with E-state index >= 15 is 0 Å². The standard InChI is InChI=1S/C17H24N4/c1-4-9-20(10-5-2)13-17-19-15-12-14(3)6-7-16(15)21(17)11-8-18/h6-7,12H,4-5,9-11,13H2,1-3H3. The van der Waals surface area contributed by atoms with E-state index in [1.54, 1.807) is 0 Å². The van der Waals surface area contributed by atoms with Gasteiger partial charge in [-0.25, -0.2) is 4.98 Å². The van der Waals surface area contributed by atoms with Crippen LogP contribution in [0.4, 0.5) is 0 Å². The number of nitrogens with zero attached hydrogens (tertiary/aromatic N) is 4. The van der Waals surface area contributed by atoms with Crippen LogP contribution < -0.4 is 0 Å². The zero-order chi connectivity index (χ0) is 15.2. The van der Waals surface area contributed by atoms with E-state index in [9.17, 15) is 0 Å². The first-order valence-corrected chi connectivity index (χ1v) is 7.74. The minimum atomic E-state index is 0.362. The summed E-state index contributed by atoms with van der Waals surface area (Å²) in [5, 5.41) is 9.11. The number of hydrogen-bond donors (Lipinski definition) is 0. The number of hydrogen-bond acceptors (Lipinski definition) is 3. The van der Waals surface area contributed by atoms with Crippen molar-refractivity contribution in [2.45, 2.75) is 46.7 Å². The van der Waals surface area contributed by atoms with Gasteiger partial charge in [0, 0.05) is 0 Å². The highest BCUT2D eigenvalue weighted by atomic mass is 15.2. The minimum absolute atomic E-state index is 0.362. The third kappa shape index (κ3) is 3.62. The van der Waals surface area contributed by atoms with E-state index in [-0.39, 0.29) is 0 Å². The van der Waals surface area contributed by atoms with E-state index in [1.807, 2.05) is 4.57 Å². The average Bonchev–Trinajstić information content (AvgIpc) is 2.77. The van der Waals surface area contributed by atoms with Gasteiger partial charge in [0.2, 0.25) is 0 Å². The molecule has 0 saturated heterocycles. The fourth-order valence-corrected chi connectivity index (χ4v) is 2.76. The van der Waals surface area contributed by atoms with Crippen molar-refractivity contribution in [1.29, 1.82) is 5.26 Å². The van der Waals surface area contributed by atoms with Crippen molar-refractivity contribution in [2.24, 2.45) is 0 Å². The van der Waals surface area contributed by atoms with Crippen LogP contribution >= 0.6 is 0 Å². The number of fused-ring (bicyclic) bond motifs is 1. The summed E-state index contributed by atoms with van der Waals surface area (Å²) in [5.74, 6) is 0.999. The Morgan fingerprint density at radius 2 is 1.95 bits per heavy atom.